The number of aromatic amines is 2. The second-order valence-corrected chi connectivity index (χ2v) is 5.37. The molecule has 0 spiro atoms. The molecule has 4 N–H and O–H groups in total. The number of pyridine rings is 1. The summed E-state index contributed by atoms with van der Waals surface area (Å²) in [5.41, 5.74) is 6.82. The fraction of sp³-hybridized carbons (Fsp3) is 0.125. The van der Waals surface area contributed by atoms with Crippen LogP contribution >= 0.6 is 12.2 Å². The van der Waals surface area contributed by atoms with Gasteiger partial charge in [-0.1, -0.05) is 30.3 Å². The number of hydrogen-bond acceptors (Lipinski definition) is 6. The van der Waals surface area contributed by atoms with Gasteiger partial charge in [-0.2, -0.15) is 0 Å². The Balaban J connectivity index is 2.51. The Morgan fingerprint density at radius 3 is 2.67 bits per heavy atom. The highest BCUT2D eigenvalue weighted by Gasteiger charge is 2.24. The Labute approximate surface area is 141 Å². The minimum Gasteiger partial charge on any atom is -0.462 e. The fourth-order valence-electron chi connectivity index (χ4n) is 2.52. The first-order chi connectivity index (χ1) is 11.5. The summed E-state index contributed by atoms with van der Waals surface area (Å²) in [6.45, 7) is 1.87. The van der Waals surface area contributed by atoms with E-state index in [1.807, 2.05) is 6.07 Å². The van der Waals surface area contributed by atoms with Gasteiger partial charge in [-0.05, 0) is 24.7 Å². The van der Waals surface area contributed by atoms with Crippen LogP contribution in [0.4, 0.5) is 5.82 Å². The van der Waals surface area contributed by atoms with Crippen LogP contribution in [0.5, 0.6) is 0 Å². The quantitative estimate of drug-likeness (QED) is 0.497. The lowest BCUT2D eigenvalue weighted by atomic mass is 9.97. The monoisotopic (exact) mass is 342 g/mol. The van der Waals surface area contributed by atoms with Crippen molar-refractivity contribution in [3.8, 4) is 11.1 Å². The zero-order valence-electron chi connectivity index (χ0n) is 12.8. The van der Waals surface area contributed by atoms with Gasteiger partial charge in [0.1, 0.15) is 17.0 Å². The fourth-order valence-corrected chi connectivity index (χ4v) is 2.71. The molecule has 0 amide bonds. The van der Waals surface area contributed by atoms with Gasteiger partial charge in [-0.25, -0.2) is 9.78 Å². The lowest BCUT2D eigenvalue weighted by Crippen LogP contribution is -2.17. The van der Waals surface area contributed by atoms with Gasteiger partial charge >= 0.3 is 5.97 Å². The van der Waals surface area contributed by atoms with Gasteiger partial charge in [0.2, 0.25) is 0 Å². The van der Waals surface area contributed by atoms with Crippen LogP contribution in [-0.4, -0.2) is 27.5 Å². The van der Waals surface area contributed by atoms with Crippen LogP contribution in [0.15, 0.2) is 35.1 Å². The van der Waals surface area contributed by atoms with Crippen molar-refractivity contribution in [2.45, 2.75) is 6.92 Å². The highest BCUT2D eigenvalue weighted by atomic mass is 32.1. The number of anilines is 1. The van der Waals surface area contributed by atoms with Gasteiger partial charge in [0.25, 0.3) is 5.56 Å². The molecule has 0 aliphatic rings. The summed E-state index contributed by atoms with van der Waals surface area (Å²) in [6.07, 6.45) is 0. The zero-order chi connectivity index (χ0) is 17.3. The summed E-state index contributed by atoms with van der Waals surface area (Å²) in [4.78, 5) is 34.3. The normalized spacial score (nSPS) is 10.7. The Kier molecular flexibility index (Phi) is 4.13. The second kappa shape index (κ2) is 6.25. The number of hydrogen-bond donors (Lipinski definition) is 3. The molecule has 3 aromatic rings. The smallest absolute Gasteiger partial charge is 0.342 e. The van der Waals surface area contributed by atoms with Crippen LogP contribution in [0.25, 0.3) is 22.2 Å². The van der Waals surface area contributed by atoms with Crippen molar-refractivity contribution in [2.24, 2.45) is 0 Å². The first-order valence-corrected chi connectivity index (χ1v) is 7.62. The van der Waals surface area contributed by atoms with Crippen LogP contribution in [0, 0.1) is 4.77 Å². The van der Waals surface area contributed by atoms with E-state index in [2.05, 4.69) is 15.0 Å². The summed E-state index contributed by atoms with van der Waals surface area (Å²) >= 11 is 4.97. The van der Waals surface area contributed by atoms with Crippen molar-refractivity contribution >= 4 is 35.0 Å². The van der Waals surface area contributed by atoms with E-state index in [1.165, 1.54) is 0 Å². The molecule has 0 unspecified atom stereocenters. The first kappa shape index (κ1) is 15.9. The van der Waals surface area contributed by atoms with Crippen molar-refractivity contribution in [2.75, 3.05) is 12.3 Å². The lowest BCUT2D eigenvalue weighted by molar-refractivity contribution is 0.0528. The molecule has 3 rings (SSSR count). The number of benzene rings is 1. The van der Waals surface area contributed by atoms with Gasteiger partial charge in [-0.3, -0.25) is 9.78 Å². The maximum atomic E-state index is 12.5. The predicted molar refractivity (Wildman–Crippen MR) is 93.4 cm³/mol. The summed E-state index contributed by atoms with van der Waals surface area (Å²) in [5, 5.41) is 0.201. The van der Waals surface area contributed by atoms with Gasteiger partial charge in [-0.15, -0.1) is 0 Å². The molecule has 0 aliphatic heterocycles. The number of fused-ring (bicyclic) bond motifs is 1. The minimum absolute atomic E-state index is 0.0314. The average molecular weight is 342 g/mol. The third-order valence-corrected chi connectivity index (χ3v) is 3.66. The van der Waals surface area contributed by atoms with Gasteiger partial charge in [0.05, 0.1) is 12.0 Å². The Hall–Kier alpha value is -3.00. The third-order valence-electron chi connectivity index (χ3n) is 3.45. The summed E-state index contributed by atoms with van der Waals surface area (Å²) < 4.78 is 5.21. The molecule has 0 fully saturated rings. The molecule has 0 bridgehead atoms. The van der Waals surface area contributed by atoms with Crippen molar-refractivity contribution in [1.29, 1.82) is 0 Å². The van der Waals surface area contributed by atoms with Crippen LogP contribution in [0.3, 0.4) is 0 Å². The van der Waals surface area contributed by atoms with E-state index in [0.717, 1.165) is 0 Å². The molecule has 0 saturated carbocycles. The maximum absolute atomic E-state index is 12.5. The van der Waals surface area contributed by atoms with Crippen LogP contribution in [0.1, 0.15) is 17.3 Å². The van der Waals surface area contributed by atoms with E-state index < -0.39 is 11.5 Å². The number of ether oxygens (including phenoxy) is 1. The van der Waals surface area contributed by atoms with Crippen molar-refractivity contribution in [3.05, 3.63) is 51.0 Å². The number of aromatic nitrogens is 3. The van der Waals surface area contributed by atoms with Crippen LogP contribution in [0.2, 0.25) is 0 Å². The second-order valence-electron chi connectivity index (χ2n) is 4.97. The van der Waals surface area contributed by atoms with Crippen molar-refractivity contribution < 1.29 is 9.53 Å². The number of nitrogens with one attached hydrogen (secondary N) is 2. The molecule has 1 aromatic carbocycles. The van der Waals surface area contributed by atoms with Gasteiger partial charge in [0, 0.05) is 5.56 Å². The zero-order valence-corrected chi connectivity index (χ0v) is 13.6. The Morgan fingerprint density at radius 2 is 2.00 bits per heavy atom. The molecular formula is C16H14N4O3S. The largest absolute Gasteiger partial charge is 0.462 e. The summed E-state index contributed by atoms with van der Waals surface area (Å²) in [5.74, 6) is -0.666. The molecule has 2 aromatic heterocycles. The minimum atomic E-state index is -0.634. The molecule has 0 saturated heterocycles. The Bertz CT molecular complexity index is 1040. The van der Waals surface area contributed by atoms with Crippen molar-refractivity contribution in [3.63, 3.8) is 0 Å². The predicted octanol–water partition coefficient (Wildman–Crippen LogP) is 2.41. The molecule has 2 heterocycles. The van der Waals surface area contributed by atoms with Crippen LogP contribution in [-0.2, 0) is 4.74 Å². The van der Waals surface area contributed by atoms with Crippen LogP contribution < -0.4 is 11.3 Å². The lowest BCUT2D eigenvalue weighted by Gasteiger charge is -2.13. The number of nitrogen functional groups attached to an aromatic ring is 1. The van der Waals surface area contributed by atoms with E-state index in [4.69, 9.17) is 22.7 Å². The first-order valence-electron chi connectivity index (χ1n) is 7.21. The number of carbonyl (C=O) groups is 1. The number of nitrogens with zero attached hydrogens (tertiary/aromatic N) is 1. The molecular weight excluding hydrogens is 328 g/mol. The maximum Gasteiger partial charge on any atom is 0.342 e. The van der Waals surface area contributed by atoms with E-state index in [9.17, 15) is 9.59 Å². The number of H-pyrrole nitrogens is 2. The summed E-state index contributed by atoms with van der Waals surface area (Å²) in [7, 11) is 0. The molecule has 0 aliphatic carbocycles. The number of nitrogens with two attached hydrogens (primary N) is 1. The highest BCUT2D eigenvalue weighted by Crippen LogP contribution is 2.32. The molecule has 0 radical (unpaired) electrons. The SMILES string of the molecule is CCOC(=O)c1c(N)nc2[nH]c(=S)[nH]c(=O)c2c1-c1ccccc1. The topological polar surface area (TPSA) is 114 Å². The molecule has 8 heteroatoms. The van der Waals surface area contributed by atoms with E-state index in [0.29, 0.717) is 11.1 Å². The van der Waals surface area contributed by atoms with Gasteiger partial charge < -0.3 is 15.5 Å². The Morgan fingerprint density at radius 1 is 1.29 bits per heavy atom. The molecule has 122 valence electrons. The molecule has 24 heavy (non-hydrogen) atoms. The summed E-state index contributed by atoms with van der Waals surface area (Å²) in [6, 6.07) is 8.98. The third kappa shape index (κ3) is 2.67. The number of esters is 1. The standard InChI is InChI=1S/C16H14N4O3S/c1-2-23-15(22)10-9(8-6-4-3-5-7-8)11-13(18-12(10)17)19-16(24)20-14(11)21/h3-7H,2H2,1H3,(H4,17,18,19,20,21,24). The van der Waals surface area contributed by atoms with Crippen molar-refractivity contribution in [1.82, 2.24) is 15.0 Å². The van der Waals surface area contributed by atoms with E-state index >= 15 is 0 Å². The highest BCUT2D eigenvalue weighted by molar-refractivity contribution is 7.71. The average Bonchev–Trinajstić information content (AvgIpc) is 2.54. The molecule has 7 nitrogen and oxygen atoms in total. The van der Waals surface area contributed by atoms with E-state index in [-0.39, 0.29) is 33.8 Å². The van der Waals surface area contributed by atoms with E-state index in [1.54, 1.807) is 31.2 Å². The number of rotatable bonds is 3. The number of carbonyl (C=O) groups excluding carboxylic acids is 1. The molecule has 0 atom stereocenters. The van der Waals surface area contributed by atoms with Gasteiger partial charge in [0.15, 0.2) is 4.77 Å².